The lowest BCUT2D eigenvalue weighted by molar-refractivity contribution is -0.124. The third-order valence-electron chi connectivity index (χ3n) is 5.18. The molecule has 2 amide bonds. The third-order valence-corrected chi connectivity index (χ3v) is 5.51. The summed E-state index contributed by atoms with van der Waals surface area (Å²) >= 11 is 6.41. The Morgan fingerprint density at radius 1 is 1.21 bits per heavy atom. The first-order chi connectivity index (χ1) is 13.6. The zero-order chi connectivity index (χ0) is 21.3. The van der Waals surface area contributed by atoms with Gasteiger partial charge in [0, 0.05) is 32.2 Å². The van der Waals surface area contributed by atoms with Crippen LogP contribution in [0.2, 0.25) is 5.02 Å². The van der Waals surface area contributed by atoms with Crippen LogP contribution >= 0.6 is 11.6 Å². The number of aromatic nitrogens is 2. The van der Waals surface area contributed by atoms with Gasteiger partial charge in [-0.05, 0) is 24.6 Å². The Labute approximate surface area is 176 Å². The number of carbonyl (C=O) groups excluding carboxylic acids is 2. The lowest BCUT2D eigenvalue weighted by Gasteiger charge is -2.30. The number of imidazole rings is 1. The van der Waals surface area contributed by atoms with Crippen molar-refractivity contribution in [3.05, 3.63) is 40.7 Å². The molecule has 0 bridgehead atoms. The minimum Gasteiger partial charge on any atom is -0.357 e. The van der Waals surface area contributed by atoms with E-state index in [-0.39, 0.29) is 11.8 Å². The van der Waals surface area contributed by atoms with Gasteiger partial charge in [0.15, 0.2) is 5.69 Å². The van der Waals surface area contributed by atoms with Crippen molar-refractivity contribution in [2.45, 2.75) is 39.9 Å². The summed E-state index contributed by atoms with van der Waals surface area (Å²) in [5.74, 6) is 0.0874. The fourth-order valence-corrected chi connectivity index (χ4v) is 3.76. The first kappa shape index (κ1) is 21.3. The molecule has 1 aliphatic heterocycles. The summed E-state index contributed by atoms with van der Waals surface area (Å²) in [6, 6.07) is 6.81. The Balaban J connectivity index is 2.04. The summed E-state index contributed by atoms with van der Waals surface area (Å²) < 4.78 is 2.06. The highest BCUT2D eigenvalue weighted by atomic mass is 35.5. The Morgan fingerprint density at radius 3 is 2.52 bits per heavy atom. The molecule has 0 saturated heterocycles. The van der Waals surface area contributed by atoms with Crippen LogP contribution in [0.15, 0.2) is 24.3 Å². The number of fused-ring (bicyclic) bond motifs is 1. The Hall–Kier alpha value is -2.38. The van der Waals surface area contributed by atoms with Crippen LogP contribution in [0.25, 0.3) is 11.4 Å². The normalized spacial score (nSPS) is 15.5. The second kappa shape index (κ2) is 8.16. The van der Waals surface area contributed by atoms with Crippen LogP contribution in [0.4, 0.5) is 0 Å². The van der Waals surface area contributed by atoms with Crippen molar-refractivity contribution in [3.8, 4) is 11.4 Å². The van der Waals surface area contributed by atoms with Gasteiger partial charge in [-0.3, -0.25) is 14.5 Å². The van der Waals surface area contributed by atoms with E-state index in [1.54, 1.807) is 7.05 Å². The van der Waals surface area contributed by atoms with Crippen LogP contribution in [0.5, 0.6) is 0 Å². The van der Waals surface area contributed by atoms with Gasteiger partial charge in [-0.15, -0.1) is 0 Å². The minimum atomic E-state index is -0.678. The third kappa shape index (κ3) is 4.31. The van der Waals surface area contributed by atoms with Gasteiger partial charge in [-0.1, -0.05) is 44.5 Å². The summed E-state index contributed by atoms with van der Waals surface area (Å²) in [5.41, 5.74) is 1.51. The highest BCUT2D eigenvalue weighted by molar-refractivity contribution is 6.33. The van der Waals surface area contributed by atoms with E-state index in [0.717, 1.165) is 17.8 Å². The standard InChI is InChI=1S/C21H28ClN5O2/c1-21(2,3)17(20(29)23-4)25-19(28)16-15-12-26(5)10-11-27(15)18(24-16)13-8-6-7-9-14(13)22/h6-9,17H,10-12H2,1-5H3,(H,23,29)(H,25,28)/t17-/m1/s1. The van der Waals surface area contributed by atoms with Gasteiger partial charge in [0.1, 0.15) is 11.9 Å². The van der Waals surface area contributed by atoms with Gasteiger partial charge in [0.2, 0.25) is 5.91 Å². The predicted octanol–water partition coefficient (Wildman–Crippen LogP) is 2.54. The van der Waals surface area contributed by atoms with Crippen molar-refractivity contribution in [1.29, 1.82) is 0 Å². The number of hydrogen-bond donors (Lipinski definition) is 2. The molecule has 8 heteroatoms. The minimum absolute atomic E-state index is 0.234. The van der Waals surface area contributed by atoms with Crippen molar-refractivity contribution in [2.75, 3.05) is 20.6 Å². The van der Waals surface area contributed by atoms with Crippen LogP contribution in [0.3, 0.4) is 0 Å². The first-order valence-electron chi connectivity index (χ1n) is 9.68. The molecule has 0 aliphatic carbocycles. The van der Waals surface area contributed by atoms with E-state index in [1.165, 1.54) is 0 Å². The zero-order valence-electron chi connectivity index (χ0n) is 17.5. The van der Waals surface area contributed by atoms with E-state index in [1.807, 2.05) is 52.1 Å². The molecule has 2 heterocycles. The van der Waals surface area contributed by atoms with Crippen LogP contribution in [-0.4, -0.2) is 52.9 Å². The highest BCUT2D eigenvalue weighted by Crippen LogP contribution is 2.31. The van der Waals surface area contributed by atoms with Crippen LogP contribution in [-0.2, 0) is 17.9 Å². The monoisotopic (exact) mass is 417 g/mol. The van der Waals surface area contributed by atoms with E-state index in [4.69, 9.17) is 11.6 Å². The van der Waals surface area contributed by atoms with E-state index in [0.29, 0.717) is 29.6 Å². The lowest BCUT2D eigenvalue weighted by Crippen LogP contribution is -2.53. The second-order valence-electron chi connectivity index (χ2n) is 8.49. The predicted molar refractivity (Wildman–Crippen MR) is 114 cm³/mol. The summed E-state index contributed by atoms with van der Waals surface area (Å²) in [6.45, 7) is 7.91. The average molecular weight is 418 g/mol. The molecule has 7 nitrogen and oxygen atoms in total. The van der Waals surface area contributed by atoms with Gasteiger partial charge in [0.05, 0.1) is 10.7 Å². The largest absolute Gasteiger partial charge is 0.357 e. The summed E-state index contributed by atoms with van der Waals surface area (Å²) in [7, 11) is 3.58. The Morgan fingerprint density at radius 2 is 1.90 bits per heavy atom. The molecule has 29 heavy (non-hydrogen) atoms. The Bertz CT molecular complexity index is 932. The molecular weight excluding hydrogens is 390 g/mol. The average Bonchev–Trinajstić information content (AvgIpc) is 3.03. The number of amides is 2. The maximum Gasteiger partial charge on any atom is 0.272 e. The number of rotatable bonds is 4. The van der Waals surface area contributed by atoms with Crippen molar-refractivity contribution in [1.82, 2.24) is 25.1 Å². The van der Waals surface area contributed by atoms with Crippen molar-refractivity contribution in [3.63, 3.8) is 0 Å². The number of carbonyl (C=O) groups is 2. The molecule has 1 aliphatic rings. The van der Waals surface area contributed by atoms with Crippen LogP contribution in [0, 0.1) is 5.41 Å². The molecule has 0 saturated carbocycles. The Kier molecular flexibility index (Phi) is 6.00. The van der Waals surface area contributed by atoms with Crippen LogP contribution < -0.4 is 10.6 Å². The number of hydrogen-bond acceptors (Lipinski definition) is 4. The first-order valence-corrected chi connectivity index (χ1v) is 10.1. The molecule has 2 aromatic rings. The molecule has 3 rings (SSSR count). The fraction of sp³-hybridized carbons (Fsp3) is 0.476. The molecule has 0 fully saturated rings. The number of halogens is 1. The van der Waals surface area contributed by atoms with E-state index in [2.05, 4.69) is 25.1 Å². The molecule has 1 atom stereocenters. The van der Waals surface area contributed by atoms with E-state index in [9.17, 15) is 9.59 Å². The molecule has 0 unspecified atom stereocenters. The zero-order valence-corrected chi connectivity index (χ0v) is 18.3. The maximum absolute atomic E-state index is 13.2. The highest BCUT2D eigenvalue weighted by Gasteiger charge is 2.35. The topological polar surface area (TPSA) is 79.3 Å². The smallest absolute Gasteiger partial charge is 0.272 e. The maximum atomic E-state index is 13.2. The number of nitrogens with one attached hydrogen (secondary N) is 2. The molecule has 1 aromatic carbocycles. The van der Waals surface area contributed by atoms with Crippen LogP contribution in [0.1, 0.15) is 37.0 Å². The molecule has 1 aromatic heterocycles. The van der Waals surface area contributed by atoms with Gasteiger partial charge < -0.3 is 15.2 Å². The lowest BCUT2D eigenvalue weighted by atomic mass is 9.86. The summed E-state index contributed by atoms with van der Waals surface area (Å²) in [5, 5.41) is 6.11. The molecule has 0 radical (unpaired) electrons. The van der Waals surface area contributed by atoms with Crippen molar-refractivity contribution in [2.24, 2.45) is 5.41 Å². The van der Waals surface area contributed by atoms with Crippen molar-refractivity contribution < 1.29 is 9.59 Å². The molecule has 0 spiro atoms. The molecule has 2 N–H and O–H groups in total. The van der Waals surface area contributed by atoms with Gasteiger partial charge in [0.25, 0.3) is 5.91 Å². The quantitative estimate of drug-likeness (QED) is 0.801. The van der Waals surface area contributed by atoms with E-state index < -0.39 is 11.5 Å². The summed E-state index contributed by atoms with van der Waals surface area (Å²) in [4.78, 5) is 32.4. The SMILES string of the molecule is CNC(=O)[C@@H](NC(=O)c1nc(-c2ccccc2Cl)n2c1CN(C)CC2)C(C)(C)C. The number of likely N-dealkylation sites (N-methyl/N-ethyl adjacent to an activating group) is 2. The van der Waals surface area contributed by atoms with Gasteiger partial charge in [-0.25, -0.2) is 4.98 Å². The second-order valence-corrected chi connectivity index (χ2v) is 8.89. The molecule has 156 valence electrons. The fourth-order valence-electron chi connectivity index (χ4n) is 3.54. The summed E-state index contributed by atoms with van der Waals surface area (Å²) in [6.07, 6.45) is 0. The van der Waals surface area contributed by atoms with Gasteiger partial charge >= 0.3 is 0 Å². The van der Waals surface area contributed by atoms with Crippen molar-refractivity contribution >= 4 is 23.4 Å². The van der Waals surface area contributed by atoms with Gasteiger partial charge in [-0.2, -0.15) is 0 Å². The van der Waals surface area contributed by atoms with E-state index >= 15 is 0 Å². The number of benzene rings is 1. The molecular formula is C21H28ClN5O2. The number of nitrogens with zero attached hydrogens (tertiary/aromatic N) is 3.